The number of rotatable bonds is 20. The number of hydrogen-bond acceptors (Lipinski definition) is 10. The Hall–Kier alpha value is -8.44. The monoisotopic (exact) mass is 1060 g/mol. The van der Waals surface area contributed by atoms with Crippen molar-refractivity contribution >= 4 is 12.2 Å². The zero-order valence-electron chi connectivity index (χ0n) is 46.5. The van der Waals surface area contributed by atoms with Crippen LogP contribution in [0.3, 0.4) is 0 Å². The van der Waals surface area contributed by atoms with Crippen LogP contribution in [0.5, 0.6) is 46.0 Å². The van der Waals surface area contributed by atoms with Gasteiger partial charge in [-0.2, -0.15) is 0 Å². The summed E-state index contributed by atoms with van der Waals surface area (Å²) >= 11 is 0. The topological polar surface area (TPSA) is 89.1 Å². The van der Waals surface area contributed by atoms with Gasteiger partial charge in [0.05, 0.1) is 40.5 Å². The molecule has 0 amide bonds. The summed E-state index contributed by atoms with van der Waals surface area (Å²) in [6.45, 7) is 8.00. The minimum Gasteiger partial charge on any atom is -0.493 e. The highest BCUT2D eigenvalue weighted by molar-refractivity contribution is 5.63. The van der Waals surface area contributed by atoms with Gasteiger partial charge >= 0.3 is 0 Å². The Bertz CT molecular complexity index is 3310. The molecule has 0 saturated carbocycles. The average molecular weight is 1060 g/mol. The molecule has 0 radical (unpaired) electrons. The van der Waals surface area contributed by atoms with Crippen LogP contribution in [0, 0.1) is 13.8 Å². The van der Waals surface area contributed by atoms with Crippen LogP contribution in [0.25, 0.3) is 12.2 Å². The first kappa shape index (κ1) is 55.3. The summed E-state index contributed by atoms with van der Waals surface area (Å²) < 4.78 is 47.4. The summed E-state index contributed by atoms with van der Waals surface area (Å²) in [7, 11) is 8.91. The first-order valence-corrected chi connectivity index (χ1v) is 27.0. The van der Waals surface area contributed by atoms with Crippen LogP contribution in [-0.4, -0.2) is 53.5 Å². The fourth-order valence-electron chi connectivity index (χ4n) is 9.94. The number of fused-ring (bicyclic) bond motifs is 2. The van der Waals surface area contributed by atoms with Crippen LogP contribution in [0.1, 0.15) is 78.8 Å². The smallest absolute Gasteiger partial charge is 0.162 e. The highest BCUT2D eigenvalue weighted by Gasteiger charge is 2.26. The van der Waals surface area contributed by atoms with E-state index in [2.05, 4.69) is 140 Å². The molecule has 0 spiro atoms. The number of nitrogens with one attached hydrogen (secondary N) is 1. The largest absolute Gasteiger partial charge is 0.493 e. The van der Waals surface area contributed by atoms with Gasteiger partial charge in [-0.3, -0.25) is 4.90 Å². The third-order valence-electron chi connectivity index (χ3n) is 14.5. The van der Waals surface area contributed by atoms with Gasteiger partial charge in [0.1, 0.15) is 26.4 Å². The summed E-state index contributed by atoms with van der Waals surface area (Å²) in [6, 6.07) is 57.6. The van der Waals surface area contributed by atoms with Crippen molar-refractivity contribution in [2.24, 2.45) is 0 Å². The number of methoxy groups -OCH3 is 4. The summed E-state index contributed by atoms with van der Waals surface area (Å²) in [5, 5.41) is 3.64. The Morgan fingerprint density at radius 2 is 0.797 bits per heavy atom. The van der Waals surface area contributed by atoms with E-state index < -0.39 is 0 Å². The summed E-state index contributed by atoms with van der Waals surface area (Å²) in [5.41, 5.74) is 13.9. The maximum atomic E-state index is 6.19. The molecule has 8 aromatic carbocycles. The number of ether oxygens (including phenoxy) is 8. The van der Waals surface area contributed by atoms with E-state index in [-0.39, 0.29) is 12.1 Å². The normalized spacial score (nSPS) is 14.8. The molecule has 2 unspecified atom stereocenters. The van der Waals surface area contributed by atoms with Crippen molar-refractivity contribution in [3.63, 3.8) is 0 Å². The second-order valence-electron chi connectivity index (χ2n) is 19.8. The minimum absolute atomic E-state index is 0.0565. The predicted octanol–water partition coefficient (Wildman–Crippen LogP) is 14.5. The highest BCUT2D eigenvalue weighted by Crippen LogP contribution is 2.41. The number of likely N-dealkylation sites (N-methyl/N-ethyl adjacent to an activating group) is 1. The van der Waals surface area contributed by atoms with Crippen molar-refractivity contribution < 1.29 is 37.9 Å². The van der Waals surface area contributed by atoms with E-state index >= 15 is 0 Å². The molecule has 0 fully saturated rings. The van der Waals surface area contributed by atoms with Crippen molar-refractivity contribution in [3.8, 4) is 46.0 Å². The SMILES string of the molecule is COc1cc(C)c(/C=C/C2NCCc3cc(OCc4ccccc4)c(OC)cc32)cc1OCc1ccccc1.COc1cc(C)c(/C=C/C2c3cc(OC)c(OCc4ccccc4)cc3CCN2C)cc1OCc1ccccc1. The lowest BCUT2D eigenvalue weighted by atomic mass is 9.91. The zero-order chi connectivity index (χ0) is 54.9. The maximum Gasteiger partial charge on any atom is 0.162 e. The summed E-state index contributed by atoms with van der Waals surface area (Å²) in [6.07, 6.45) is 10.7. The van der Waals surface area contributed by atoms with E-state index in [9.17, 15) is 0 Å². The quantitative estimate of drug-likeness (QED) is 0.0796. The lowest BCUT2D eigenvalue weighted by Gasteiger charge is -2.33. The highest BCUT2D eigenvalue weighted by atomic mass is 16.5. The fraction of sp³-hybridized carbons (Fsp3) is 0.246. The Morgan fingerprint density at radius 3 is 1.22 bits per heavy atom. The predicted molar refractivity (Wildman–Crippen MR) is 316 cm³/mol. The molecular weight excluding hydrogens is 985 g/mol. The van der Waals surface area contributed by atoms with Crippen LogP contribution in [0.2, 0.25) is 0 Å². The van der Waals surface area contributed by atoms with E-state index in [0.717, 1.165) is 116 Å². The molecule has 2 heterocycles. The summed E-state index contributed by atoms with van der Waals surface area (Å²) in [5.74, 6) is 5.97. The molecule has 0 aromatic heterocycles. The van der Waals surface area contributed by atoms with Gasteiger partial charge in [0.25, 0.3) is 0 Å². The van der Waals surface area contributed by atoms with Gasteiger partial charge in [-0.15, -0.1) is 0 Å². The molecule has 0 bridgehead atoms. The second kappa shape index (κ2) is 27.2. The number of hydrogen-bond donors (Lipinski definition) is 1. The van der Waals surface area contributed by atoms with E-state index in [1.54, 1.807) is 28.4 Å². The standard InChI is InChI=1S/C35H37NO4.C34H35NO4/c1-25-19-32(37-3)34(39-23-26-11-7-5-8-12-26)20-28(25)15-16-31-30-22-33(38-4)35(21-29(30)17-18-36(31)2)40-24-27-13-9-6-10-14-27;1-24-18-31(36-2)33(38-22-25-10-6-4-7-11-25)19-27(24)14-15-30-29-21-32(37-3)34(20-28(29)16-17-35-30)39-23-26-12-8-5-9-13-26/h5-16,19-22,31H,17-18,23-24H2,1-4H3;4-15,18-21,30,35H,16-17,22-23H2,1-3H3/b16-15+;15-14+. The first-order valence-electron chi connectivity index (χ1n) is 27.0. The van der Waals surface area contributed by atoms with Crippen LogP contribution in [0.15, 0.2) is 182 Å². The third-order valence-corrected chi connectivity index (χ3v) is 14.5. The molecule has 1 N–H and O–H groups in total. The van der Waals surface area contributed by atoms with Gasteiger partial charge in [-0.05, 0) is 149 Å². The van der Waals surface area contributed by atoms with Crippen molar-refractivity contribution in [2.75, 3.05) is 48.6 Å². The van der Waals surface area contributed by atoms with Crippen molar-refractivity contribution in [2.45, 2.75) is 65.2 Å². The molecule has 10 rings (SSSR count). The van der Waals surface area contributed by atoms with E-state index in [0.29, 0.717) is 26.4 Å². The van der Waals surface area contributed by atoms with Crippen LogP contribution in [0.4, 0.5) is 0 Å². The third kappa shape index (κ3) is 14.4. The molecule has 2 atom stereocenters. The Morgan fingerprint density at radius 1 is 0.430 bits per heavy atom. The van der Waals surface area contributed by atoms with Gasteiger partial charge in [-0.1, -0.05) is 146 Å². The Balaban J connectivity index is 0.000000192. The lowest BCUT2D eigenvalue weighted by molar-refractivity contribution is 0.264. The van der Waals surface area contributed by atoms with E-state index in [1.165, 1.54) is 22.3 Å². The second-order valence-corrected chi connectivity index (χ2v) is 19.8. The Kier molecular flexibility index (Phi) is 19.1. The van der Waals surface area contributed by atoms with Gasteiger partial charge in [0.15, 0.2) is 46.0 Å². The van der Waals surface area contributed by atoms with Gasteiger partial charge < -0.3 is 43.2 Å². The van der Waals surface area contributed by atoms with E-state index in [1.807, 2.05) is 84.9 Å². The maximum absolute atomic E-state index is 6.19. The molecule has 0 saturated heterocycles. The summed E-state index contributed by atoms with van der Waals surface area (Å²) in [4.78, 5) is 2.37. The molecule has 10 nitrogen and oxygen atoms in total. The first-order chi connectivity index (χ1) is 38.7. The molecule has 8 aromatic rings. The van der Waals surface area contributed by atoms with Crippen LogP contribution >= 0.6 is 0 Å². The van der Waals surface area contributed by atoms with Crippen molar-refractivity contribution in [1.29, 1.82) is 0 Å². The number of aryl methyl sites for hydroxylation is 2. The molecular formula is C69H72N2O8. The van der Waals surface area contributed by atoms with Crippen molar-refractivity contribution in [3.05, 3.63) is 249 Å². The number of benzene rings is 8. The zero-order valence-corrected chi connectivity index (χ0v) is 46.5. The van der Waals surface area contributed by atoms with Crippen LogP contribution in [-0.2, 0) is 39.3 Å². The molecule has 2 aliphatic rings. The molecule has 2 aliphatic heterocycles. The molecule has 10 heteroatoms. The van der Waals surface area contributed by atoms with E-state index in [4.69, 9.17) is 37.9 Å². The lowest BCUT2D eigenvalue weighted by Crippen LogP contribution is -2.31. The fourth-order valence-corrected chi connectivity index (χ4v) is 9.94. The van der Waals surface area contributed by atoms with Gasteiger partial charge in [0.2, 0.25) is 0 Å². The van der Waals surface area contributed by atoms with Crippen LogP contribution < -0.4 is 43.2 Å². The molecule has 406 valence electrons. The average Bonchev–Trinajstić information content (AvgIpc) is 3.53. The Labute approximate surface area is 466 Å². The van der Waals surface area contributed by atoms with Gasteiger partial charge in [0, 0.05) is 13.1 Å². The molecule has 79 heavy (non-hydrogen) atoms. The molecule has 0 aliphatic carbocycles. The van der Waals surface area contributed by atoms with Crippen molar-refractivity contribution in [1.82, 2.24) is 10.2 Å². The van der Waals surface area contributed by atoms with Gasteiger partial charge in [-0.25, -0.2) is 0 Å². The minimum atomic E-state index is 0.0565. The number of nitrogens with zero attached hydrogens (tertiary/aromatic N) is 1.